The summed E-state index contributed by atoms with van der Waals surface area (Å²) >= 11 is 1.14. The van der Waals surface area contributed by atoms with Crippen LogP contribution in [0.2, 0.25) is 0 Å². The van der Waals surface area contributed by atoms with Gasteiger partial charge in [0.25, 0.3) is 5.78 Å². The second-order valence-electron chi connectivity index (χ2n) is 3.64. The van der Waals surface area contributed by atoms with Gasteiger partial charge in [-0.15, -0.1) is 11.8 Å². The lowest BCUT2D eigenvalue weighted by molar-refractivity contribution is -0.138. The van der Waals surface area contributed by atoms with Gasteiger partial charge in [0.1, 0.15) is 0 Å². The summed E-state index contributed by atoms with van der Waals surface area (Å²) in [5.41, 5.74) is -3.06. The van der Waals surface area contributed by atoms with Crippen LogP contribution < -0.4 is 0 Å². The van der Waals surface area contributed by atoms with Crippen LogP contribution in [0.25, 0.3) is 0 Å². The van der Waals surface area contributed by atoms with Gasteiger partial charge >= 0.3 is 12.4 Å². The van der Waals surface area contributed by atoms with E-state index in [0.717, 1.165) is 16.3 Å². The maximum atomic E-state index is 12.7. The number of Topliss-reactive ketones (excluding diaryl/α,β-unsaturated/α-hetero) is 1. The minimum atomic E-state index is -5.31. The molecule has 18 heavy (non-hydrogen) atoms. The molecule has 0 spiro atoms. The van der Waals surface area contributed by atoms with Crippen LogP contribution in [0.5, 0.6) is 0 Å². The van der Waals surface area contributed by atoms with Crippen molar-refractivity contribution in [3.8, 4) is 0 Å². The summed E-state index contributed by atoms with van der Waals surface area (Å²) in [7, 11) is 0. The van der Waals surface area contributed by atoms with Crippen molar-refractivity contribution in [2.45, 2.75) is 24.0 Å². The predicted octanol–water partition coefficient (Wildman–Crippen LogP) is 3.46. The molecule has 2 nitrogen and oxygen atoms in total. The van der Waals surface area contributed by atoms with Crippen LogP contribution in [0.3, 0.4) is 0 Å². The van der Waals surface area contributed by atoms with Crippen molar-refractivity contribution in [2.24, 2.45) is 0 Å². The molecule has 2 rings (SSSR count). The average molecular weight is 289 g/mol. The first-order valence-electron chi connectivity index (χ1n) is 4.61. The summed E-state index contributed by atoms with van der Waals surface area (Å²) in [5, 5.41) is 0. The standard InChI is InChI=1S/C9H5F6NOS/c10-8(11,12)6-4(7(17)9(13,14)15)1-16-3-18-2-5(6)16/h1H,2-3H2. The number of nitrogens with zero attached hydrogens (tertiary/aromatic N) is 1. The molecule has 100 valence electrons. The molecule has 0 saturated heterocycles. The molecule has 0 amide bonds. The molecule has 0 saturated carbocycles. The molecule has 0 aromatic carbocycles. The zero-order chi connectivity index (χ0) is 13.7. The summed E-state index contributed by atoms with van der Waals surface area (Å²) in [4.78, 5) is 11.0. The Labute approximate surface area is 101 Å². The van der Waals surface area contributed by atoms with Crippen LogP contribution >= 0.6 is 11.8 Å². The van der Waals surface area contributed by atoms with Gasteiger partial charge in [-0.25, -0.2) is 0 Å². The molecule has 2 heterocycles. The van der Waals surface area contributed by atoms with E-state index in [9.17, 15) is 31.1 Å². The first kappa shape index (κ1) is 13.3. The van der Waals surface area contributed by atoms with Crippen LogP contribution in [0.4, 0.5) is 26.3 Å². The van der Waals surface area contributed by atoms with Crippen molar-refractivity contribution in [1.29, 1.82) is 0 Å². The van der Waals surface area contributed by atoms with E-state index >= 15 is 0 Å². The molecule has 1 aliphatic rings. The fraction of sp³-hybridized carbons (Fsp3) is 0.444. The van der Waals surface area contributed by atoms with E-state index in [2.05, 4.69) is 0 Å². The van der Waals surface area contributed by atoms with Crippen molar-refractivity contribution in [3.05, 3.63) is 23.0 Å². The minimum Gasteiger partial charge on any atom is -0.340 e. The minimum absolute atomic E-state index is 0.0556. The van der Waals surface area contributed by atoms with E-state index in [1.165, 1.54) is 0 Å². The van der Waals surface area contributed by atoms with E-state index in [0.29, 0.717) is 6.20 Å². The predicted molar refractivity (Wildman–Crippen MR) is 51.1 cm³/mol. The summed E-state index contributed by atoms with van der Waals surface area (Å²) < 4.78 is 76.0. The van der Waals surface area contributed by atoms with Gasteiger partial charge in [0, 0.05) is 17.6 Å². The summed E-state index contributed by atoms with van der Waals surface area (Å²) in [6.45, 7) is 0. The molecule has 1 aliphatic heterocycles. The Hall–Kier alpha value is -1.12. The normalized spacial score (nSPS) is 15.9. The van der Waals surface area contributed by atoms with Gasteiger partial charge < -0.3 is 4.57 Å². The van der Waals surface area contributed by atoms with Gasteiger partial charge in [-0.3, -0.25) is 4.79 Å². The van der Waals surface area contributed by atoms with Gasteiger partial charge in [-0.1, -0.05) is 0 Å². The van der Waals surface area contributed by atoms with Crippen LogP contribution in [0, 0.1) is 0 Å². The van der Waals surface area contributed by atoms with E-state index in [1.54, 1.807) is 0 Å². The summed E-state index contributed by atoms with van der Waals surface area (Å²) in [6, 6.07) is 0. The van der Waals surface area contributed by atoms with Gasteiger partial charge in [-0.05, 0) is 0 Å². The molecule has 0 atom stereocenters. The number of aromatic nitrogens is 1. The molecule has 0 bridgehead atoms. The van der Waals surface area contributed by atoms with Crippen molar-refractivity contribution in [3.63, 3.8) is 0 Å². The Morgan fingerprint density at radius 1 is 1.22 bits per heavy atom. The molecule has 0 radical (unpaired) electrons. The summed E-state index contributed by atoms with van der Waals surface area (Å²) in [6.07, 6.45) is -9.65. The molecule has 0 unspecified atom stereocenters. The topological polar surface area (TPSA) is 22.0 Å². The lowest BCUT2D eigenvalue weighted by Crippen LogP contribution is -2.25. The molecular weight excluding hydrogens is 284 g/mol. The number of thioether (sulfide) groups is 1. The number of hydrogen-bond donors (Lipinski definition) is 0. The van der Waals surface area contributed by atoms with Crippen LogP contribution in [0.15, 0.2) is 6.20 Å². The number of alkyl halides is 6. The number of rotatable bonds is 1. The first-order valence-corrected chi connectivity index (χ1v) is 5.76. The maximum Gasteiger partial charge on any atom is 0.454 e. The largest absolute Gasteiger partial charge is 0.454 e. The zero-order valence-electron chi connectivity index (χ0n) is 8.52. The summed E-state index contributed by atoms with van der Waals surface area (Å²) in [5.74, 6) is -2.40. The van der Waals surface area contributed by atoms with E-state index in [1.807, 2.05) is 0 Å². The van der Waals surface area contributed by atoms with Crippen LogP contribution in [-0.4, -0.2) is 16.5 Å². The van der Waals surface area contributed by atoms with E-state index in [-0.39, 0.29) is 17.3 Å². The monoisotopic (exact) mass is 289 g/mol. The number of carbonyl (C=O) groups is 1. The molecule has 1 aromatic rings. The third kappa shape index (κ3) is 2.11. The SMILES string of the molecule is O=C(c1cn2c(c1C(F)(F)F)CSC2)C(F)(F)F. The number of ketones is 1. The number of hydrogen-bond acceptors (Lipinski definition) is 2. The lowest BCUT2D eigenvalue weighted by Gasteiger charge is -2.10. The third-order valence-electron chi connectivity index (χ3n) is 2.44. The van der Waals surface area contributed by atoms with E-state index < -0.39 is 29.3 Å². The Kier molecular flexibility index (Phi) is 2.91. The Morgan fingerprint density at radius 3 is 2.33 bits per heavy atom. The fourth-order valence-electron chi connectivity index (χ4n) is 1.75. The molecule has 0 N–H and O–H groups in total. The molecular formula is C9H5F6NOS. The number of fused-ring (bicyclic) bond motifs is 1. The van der Waals surface area contributed by atoms with E-state index in [4.69, 9.17) is 0 Å². The lowest BCUT2D eigenvalue weighted by atomic mass is 10.1. The highest BCUT2D eigenvalue weighted by Crippen LogP contribution is 2.42. The van der Waals surface area contributed by atoms with Gasteiger partial charge in [0.2, 0.25) is 0 Å². The number of carbonyl (C=O) groups excluding carboxylic acids is 1. The molecule has 9 heteroatoms. The Bertz CT molecular complexity index is 500. The Balaban J connectivity index is 2.59. The quantitative estimate of drug-likeness (QED) is 0.583. The maximum absolute atomic E-state index is 12.7. The second kappa shape index (κ2) is 3.94. The molecule has 0 fully saturated rings. The average Bonchev–Trinajstić information content (AvgIpc) is 2.70. The Morgan fingerprint density at radius 2 is 1.83 bits per heavy atom. The van der Waals surface area contributed by atoms with Crippen molar-refractivity contribution < 1.29 is 31.1 Å². The fourth-order valence-corrected chi connectivity index (χ4v) is 2.77. The van der Waals surface area contributed by atoms with Crippen molar-refractivity contribution in [2.75, 3.05) is 0 Å². The van der Waals surface area contributed by atoms with Crippen LogP contribution in [0.1, 0.15) is 21.6 Å². The van der Waals surface area contributed by atoms with Crippen LogP contribution in [-0.2, 0) is 17.8 Å². The highest BCUT2D eigenvalue weighted by atomic mass is 32.2. The van der Waals surface area contributed by atoms with Gasteiger partial charge in [0.15, 0.2) is 0 Å². The van der Waals surface area contributed by atoms with Crippen molar-refractivity contribution in [1.82, 2.24) is 4.57 Å². The van der Waals surface area contributed by atoms with Crippen molar-refractivity contribution >= 4 is 17.5 Å². The third-order valence-corrected chi connectivity index (χ3v) is 3.38. The van der Waals surface area contributed by atoms with Gasteiger partial charge in [0.05, 0.1) is 17.0 Å². The molecule has 0 aliphatic carbocycles. The molecule has 1 aromatic heterocycles. The highest BCUT2D eigenvalue weighted by Gasteiger charge is 2.48. The second-order valence-corrected chi connectivity index (χ2v) is 4.59. The highest BCUT2D eigenvalue weighted by molar-refractivity contribution is 7.97. The number of halogens is 6. The van der Waals surface area contributed by atoms with Gasteiger partial charge in [-0.2, -0.15) is 26.3 Å². The first-order chi connectivity index (χ1) is 8.12. The zero-order valence-corrected chi connectivity index (χ0v) is 9.34. The smallest absolute Gasteiger partial charge is 0.340 e.